The van der Waals surface area contributed by atoms with Crippen LogP contribution in [0.3, 0.4) is 0 Å². The van der Waals surface area contributed by atoms with Gasteiger partial charge in [0.05, 0.1) is 12.8 Å². The van der Waals surface area contributed by atoms with Gasteiger partial charge in [-0.1, -0.05) is 18.2 Å². The third-order valence-electron chi connectivity index (χ3n) is 5.97. The number of halogens is 1. The number of ether oxygens (including phenoxy) is 1. The molecule has 1 aromatic heterocycles. The fourth-order valence-electron chi connectivity index (χ4n) is 4.15. The number of guanidine groups is 1. The Hall–Kier alpha value is -2.75. The summed E-state index contributed by atoms with van der Waals surface area (Å²) >= 11 is 0. The quantitative estimate of drug-likeness (QED) is 0.229. The first-order chi connectivity index (χ1) is 16.2. The number of nitrogens with zero attached hydrogens (tertiary/aromatic N) is 4. The summed E-state index contributed by atoms with van der Waals surface area (Å²) in [5, 5.41) is 11.1. The lowest BCUT2D eigenvalue weighted by Gasteiger charge is -2.19. The first kappa shape index (κ1) is 25.9. The summed E-state index contributed by atoms with van der Waals surface area (Å²) in [6, 6.07) is 18.8. The molecule has 1 atom stereocenters. The van der Waals surface area contributed by atoms with E-state index in [1.807, 2.05) is 23.0 Å². The van der Waals surface area contributed by atoms with Crippen molar-refractivity contribution in [3.05, 3.63) is 72.6 Å². The zero-order chi connectivity index (χ0) is 22.9. The minimum Gasteiger partial charge on any atom is -0.497 e. The van der Waals surface area contributed by atoms with Crippen LogP contribution in [0.1, 0.15) is 18.9 Å². The maximum atomic E-state index is 5.37. The van der Waals surface area contributed by atoms with E-state index in [0.29, 0.717) is 5.92 Å². The average molecular weight is 575 g/mol. The molecular weight excluding hydrogens is 539 g/mol. The number of benzene rings is 2. The summed E-state index contributed by atoms with van der Waals surface area (Å²) in [6.07, 6.45) is 5.84. The highest BCUT2D eigenvalue weighted by Gasteiger charge is 2.22. The molecule has 7 nitrogen and oxygen atoms in total. The number of aliphatic imine (C=N–C) groups is 1. The Labute approximate surface area is 219 Å². The summed E-state index contributed by atoms with van der Waals surface area (Å²) < 4.78 is 7.24. The lowest BCUT2D eigenvalue weighted by Crippen LogP contribution is -2.38. The molecule has 1 unspecified atom stereocenters. The first-order valence-electron chi connectivity index (χ1n) is 11.8. The zero-order valence-corrected chi connectivity index (χ0v) is 22.3. The molecule has 1 saturated heterocycles. The van der Waals surface area contributed by atoms with Crippen molar-refractivity contribution in [1.82, 2.24) is 20.4 Å². The summed E-state index contributed by atoms with van der Waals surface area (Å²) in [4.78, 5) is 7.29. The molecule has 182 valence electrons. The highest BCUT2D eigenvalue weighted by atomic mass is 127. The molecule has 34 heavy (non-hydrogen) atoms. The molecule has 0 spiro atoms. The number of nitrogens with one attached hydrogen (secondary N) is 2. The summed E-state index contributed by atoms with van der Waals surface area (Å²) in [5.74, 6) is 2.36. The Morgan fingerprint density at radius 2 is 1.97 bits per heavy atom. The molecular formula is C26H35IN6O. The van der Waals surface area contributed by atoms with Crippen molar-refractivity contribution >= 4 is 35.6 Å². The third kappa shape index (κ3) is 7.12. The standard InChI is InChI=1S/C26H34N6O.HI/c1-3-27-26(28-15-12-21-8-10-23(11-9-21)32-16-5-14-30-32)29-19-22-13-17-31(20-22)24-6-4-7-25(18-24)33-2;/h4-11,14,16,18,22H,3,12-13,15,17,19-20H2,1-2H3,(H2,27,28,29);1H. The van der Waals surface area contributed by atoms with Crippen molar-refractivity contribution in [2.24, 2.45) is 10.9 Å². The van der Waals surface area contributed by atoms with E-state index in [9.17, 15) is 0 Å². The monoisotopic (exact) mass is 574 g/mol. The highest BCUT2D eigenvalue weighted by molar-refractivity contribution is 14.0. The molecule has 3 aromatic rings. The van der Waals surface area contributed by atoms with Gasteiger partial charge in [0.1, 0.15) is 5.75 Å². The predicted octanol–water partition coefficient (Wildman–Crippen LogP) is 4.12. The lowest BCUT2D eigenvalue weighted by atomic mass is 10.1. The minimum atomic E-state index is 0. The van der Waals surface area contributed by atoms with E-state index in [1.165, 1.54) is 11.3 Å². The second-order valence-electron chi connectivity index (χ2n) is 8.32. The van der Waals surface area contributed by atoms with Gasteiger partial charge in [0, 0.05) is 56.9 Å². The van der Waals surface area contributed by atoms with E-state index >= 15 is 0 Å². The Balaban J connectivity index is 0.00000324. The molecule has 0 radical (unpaired) electrons. The van der Waals surface area contributed by atoms with Crippen molar-refractivity contribution in [3.8, 4) is 11.4 Å². The van der Waals surface area contributed by atoms with E-state index < -0.39 is 0 Å². The second kappa shape index (κ2) is 13.2. The summed E-state index contributed by atoms with van der Waals surface area (Å²) in [5.41, 5.74) is 3.59. The second-order valence-corrected chi connectivity index (χ2v) is 8.32. The van der Waals surface area contributed by atoms with E-state index in [-0.39, 0.29) is 24.0 Å². The van der Waals surface area contributed by atoms with Crippen molar-refractivity contribution in [2.45, 2.75) is 19.8 Å². The molecule has 0 aliphatic carbocycles. The van der Waals surface area contributed by atoms with E-state index in [4.69, 9.17) is 9.73 Å². The van der Waals surface area contributed by atoms with Crippen LogP contribution in [0.25, 0.3) is 5.69 Å². The van der Waals surface area contributed by atoms with Gasteiger partial charge in [0.25, 0.3) is 0 Å². The molecule has 2 N–H and O–H groups in total. The molecule has 0 saturated carbocycles. The molecule has 1 fully saturated rings. The number of methoxy groups -OCH3 is 1. The average Bonchev–Trinajstić information content (AvgIpc) is 3.56. The van der Waals surface area contributed by atoms with Gasteiger partial charge >= 0.3 is 0 Å². The normalized spacial score (nSPS) is 15.6. The number of hydrogen-bond acceptors (Lipinski definition) is 4. The summed E-state index contributed by atoms with van der Waals surface area (Å²) in [6.45, 7) is 6.71. The van der Waals surface area contributed by atoms with Crippen LogP contribution in [0.15, 0.2) is 72.0 Å². The Morgan fingerprint density at radius 1 is 1.12 bits per heavy atom. The van der Waals surface area contributed by atoms with Crippen LogP contribution in [-0.2, 0) is 6.42 Å². The van der Waals surface area contributed by atoms with Gasteiger partial charge in [-0.3, -0.25) is 4.99 Å². The van der Waals surface area contributed by atoms with Gasteiger partial charge in [0.2, 0.25) is 0 Å². The van der Waals surface area contributed by atoms with Crippen LogP contribution >= 0.6 is 24.0 Å². The molecule has 2 heterocycles. The third-order valence-corrected chi connectivity index (χ3v) is 5.97. The van der Waals surface area contributed by atoms with Gasteiger partial charge in [-0.25, -0.2) is 4.68 Å². The van der Waals surface area contributed by atoms with E-state index in [2.05, 4.69) is 70.0 Å². The Kier molecular flexibility index (Phi) is 10.1. The minimum absolute atomic E-state index is 0. The lowest BCUT2D eigenvalue weighted by molar-refractivity contribution is 0.415. The van der Waals surface area contributed by atoms with Crippen LogP contribution in [-0.4, -0.2) is 55.6 Å². The van der Waals surface area contributed by atoms with Crippen molar-refractivity contribution < 1.29 is 4.74 Å². The van der Waals surface area contributed by atoms with E-state index in [0.717, 1.165) is 63.0 Å². The summed E-state index contributed by atoms with van der Waals surface area (Å²) in [7, 11) is 1.71. The van der Waals surface area contributed by atoms with Crippen LogP contribution in [0.5, 0.6) is 5.75 Å². The fourth-order valence-corrected chi connectivity index (χ4v) is 4.15. The van der Waals surface area contributed by atoms with Crippen LogP contribution in [0.4, 0.5) is 5.69 Å². The molecule has 0 bridgehead atoms. The molecule has 8 heteroatoms. The van der Waals surface area contributed by atoms with Crippen LogP contribution < -0.4 is 20.3 Å². The van der Waals surface area contributed by atoms with Gasteiger partial charge < -0.3 is 20.3 Å². The van der Waals surface area contributed by atoms with Crippen LogP contribution in [0, 0.1) is 5.92 Å². The van der Waals surface area contributed by atoms with Crippen molar-refractivity contribution in [3.63, 3.8) is 0 Å². The van der Waals surface area contributed by atoms with Crippen LogP contribution in [0.2, 0.25) is 0 Å². The maximum absolute atomic E-state index is 5.37. The Morgan fingerprint density at radius 3 is 2.71 bits per heavy atom. The molecule has 0 amide bonds. The highest BCUT2D eigenvalue weighted by Crippen LogP contribution is 2.27. The largest absolute Gasteiger partial charge is 0.497 e. The topological polar surface area (TPSA) is 66.7 Å². The predicted molar refractivity (Wildman–Crippen MR) is 150 cm³/mol. The van der Waals surface area contributed by atoms with E-state index in [1.54, 1.807) is 13.3 Å². The Bertz CT molecular complexity index is 1020. The van der Waals surface area contributed by atoms with Gasteiger partial charge in [-0.15, -0.1) is 24.0 Å². The fraction of sp³-hybridized carbons (Fsp3) is 0.385. The van der Waals surface area contributed by atoms with Crippen molar-refractivity contribution in [1.29, 1.82) is 0 Å². The van der Waals surface area contributed by atoms with Crippen molar-refractivity contribution in [2.75, 3.05) is 44.7 Å². The number of hydrogen-bond donors (Lipinski definition) is 2. The first-order valence-corrected chi connectivity index (χ1v) is 11.8. The number of anilines is 1. The van der Waals surface area contributed by atoms with Gasteiger partial charge in [-0.2, -0.15) is 5.10 Å². The molecule has 1 aliphatic heterocycles. The molecule has 2 aromatic carbocycles. The SMILES string of the molecule is CCNC(=NCC1CCN(c2cccc(OC)c2)C1)NCCc1ccc(-n2cccn2)cc1.I. The van der Waals surface area contributed by atoms with Gasteiger partial charge in [0.15, 0.2) is 5.96 Å². The smallest absolute Gasteiger partial charge is 0.191 e. The number of rotatable bonds is 9. The maximum Gasteiger partial charge on any atom is 0.191 e. The number of aromatic nitrogens is 2. The molecule has 1 aliphatic rings. The van der Waals surface area contributed by atoms with Gasteiger partial charge in [-0.05, 0) is 61.6 Å². The molecule has 4 rings (SSSR count). The zero-order valence-electron chi connectivity index (χ0n) is 20.0.